The number of fused-ring (bicyclic) bond motifs is 1. The summed E-state index contributed by atoms with van der Waals surface area (Å²) in [5.41, 5.74) is 4.46. The molecule has 0 spiro atoms. The molecule has 0 fully saturated rings. The topological polar surface area (TPSA) is 73.1 Å². The standard InChI is InChI=1S/C25H20BrFN2O4/c1-2-31-22-12-17(11-20(26)24(22)32-15-16-6-5-8-19(27)10-16)14-28-29-25(30)23-13-18-7-3-4-9-21(18)33-23/h3-14H,2,15H2,1H3,(H,29,30)/b28-14+. The number of rotatable bonds is 8. The number of halogens is 2. The first-order valence-electron chi connectivity index (χ1n) is 10.2. The van der Waals surface area contributed by atoms with E-state index in [1.165, 1.54) is 18.3 Å². The van der Waals surface area contributed by atoms with Gasteiger partial charge in [0.1, 0.15) is 18.0 Å². The van der Waals surface area contributed by atoms with Gasteiger partial charge in [-0.2, -0.15) is 5.10 Å². The van der Waals surface area contributed by atoms with Gasteiger partial charge in [-0.05, 0) is 70.4 Å². The van der Waals surface area contributed by atoms with Crippen LogP contribution in [0.25, 0.3) is 11.0 Å². The lowest BCUT2D eigenvalue weighted by atomic mass is 10.2. The van der Waals surface area contributed by atoms with E-state index in [-0.39, 0.29) is 18.2 Å². The van der Waals surface area contributed by atoms with Crippen LogP contribution in [-0.4, -0.2) is 18.7 Å². The molecular weight excluding hydrogens is 491 g/mol. The smallest absolute Gasteiger partial charge is 0.307 e. The number of hydrogen-bond acceptors (Lipinski definition) is 5. The van der Waals surface area contributed by atoms with Crippen LogP contribution in [0.15, 0.2) is 80.7 Å². The average Bonchev–Trinajstić information content (AvgIpc) is 3.23. The molecule has 1 N–H and O–H groups in total. The largest absolute Gasteiger partial charge is 0.490 e. The lowest BCUT2D eigenvalue weighted by Crippen LogP contribution is -2.16. The van der Waals surface area contributed by atoms with Gasteiger partial charge >= 0.3 is 5.91 Å². The first-order chi connectivity index (χ1) is 16.0. The quantitative estimate of drug-likeness (QED) is 0.230. The monoisotopic (exact) mass is 510 g/mol. The zero-order valence-corrected chi connectivity index (χ0v) is 19.3. The van der Waals surface area contributed by atoms with Crippen LogP contribution in [0.1, 0.15) is 28.6 Å². The molecule has 8 heteroatoms. The summed E-state index contributed by atoms with van der Waals surface area (Å²) in [6.45, 7) is 2.46. The number of ether oxygens (including phenoxy) is 2. The van der Waals surface area contributed by atoms with E-state index in [9.17, 15) is 9.18 Å². The molecule has 1 aromatic heterocycles. The third-order valence-corrected chi connectivity index (χ3v) is 5.22. The van der Waals surface area contributed by atoms with Gasteiger partial charge < -0.3 is 13.9 Å². The molecule has 0 bridgehead atoms. The Morgan fingerprint density at radius 2 is 1.97 bits per heavy atom. The summed E-state index contributed by atoms with van der Waals surface area (Å²) >= 11 is 3.49. The summed E-state index contributed by atoms with van der Waals surface area (Å²) in [5, 5.41) is 4.86. The molecule has 0 atom stereocenters. The summed E-state index contributed by atoms with van der Waals surface area (Å²) in [6, 6.07) is 18.8. The number of amides is 1. The second-order valence-electron chi connectivity index (χ2n) is 7.03. The van der Waals surface area contributed by atoms with Gasteiger partial charge in [0, 0.05) is 5.39 Å². The number of hydrazone groups is 1. The van der Waals surface area contributed by atoms with Gasteiger partial charge in [0.2, 0.25) is 0 Å². The van der Waals surface area contributed by atoms with E-state index in [4.69, 9.17) is 13.9 Å². The maximum absolute atomic E-state index is 13.4. The number of carbonyl (C=O) groups is 1. The summed E-state index contributed by atoms with van der Waals surface area (Å²) in [5.74, 6) is 0.376. The van der Waals surface area contributed by atoms with Crippen LogP contribution in [0.4, 0.5) is 4.39 Å². The number of nitrogens with one attached hydrogen (secondary N) is 1. The van der Waals surface area contributed by atoms with Crippen LogP contribution in [0.2, 0.25) is 0 Å². The highest BCUT2D eigenvalue weighted by Gasteiger charge is 2.14. The van der Waals surface area contributed by atoms with Crippen molar-refractivity contribution >= 4 is 39.0 Å². The lowest BCUT2D eigenvalue weighted by Gasteiger charge is -2.14. The Hall–Kier alpha value is -3.65. The fourth-order valence-corrected chi connectivity index (χ4v) is 3.74. The van der Waals surface area contributed by atoms with Crippen molar-refractivity contribution in [1.29, 1.82) is 0 Å². The second kappa shape index (κ2) is 10.3. The van der Waals surface area contributed by atoms with E-state index < -0.39 is 5.91 Å². The van der Waals surface area contributed by atoms with Gasteiger partial charge in [-0.15, -0.1) is 0 Å². The molecule has 6 nitrogen and oxygen atoms in total. The van der Waals surface area contributed by atoms with E-state index in [0.717, 1.165) is 5.39 Å². The first kappa shape index (κ1) is 22.5. The van der Waals surface area contributed by atoms with Gasteiger partial charge in [0.25, 0.3) is 0 Å². The molecule has 3 aromatic carbocycles. The summed E-state index contributed by atoms with van der Waals surface area (Å²) in [4.78, 5) is 12.3. The maximum Gasteiger partial charge on any atom is 0.307 e. The number of para-hydroxylation sites is 1. The van der Waals surface area contributed by atoms with E-state index >= 15 is 0 Å². The summed E-state index contributed by atoms with van der Waals surface area (Å²) in [6.07, 6.45) is 1.49. The number of furan rings is 1. The molecule has 0 aliphatic rings. The lowest BCUT2D eigenvalue weighted by molar-refractivity contribution is 0.0929. The first-order valence-corrected chi connectivity index (χ1v) is 11.0. The normalized spacial score (nSPS) is 11.1. The van der Waals surface area contributed by atoms with Gasteiger partial charge in [0.05, 0.1) is 17.3 Å². The minimum absolute atomic E-state index is 0.172. The Morgan fingerprint density at radius 3 is 2.76 bits per heavy atom. The minimum Gasteiger partial charge on any atom is -0.490 e. The van der Waals surface area contributed by atoms with Crippen molar-refractivity contribution < 1.29 is 23.1 Å². The van der Waals surface area contributed by atoms with Crippen molar-refractivity contribution in [2.45, 2.75) is 13.5 Å². The highest BCUT2D eigenvalue weighted by molar-refractivity contribution is 9.10. The van der Waals surface area contributed by atoms with Crippen molar-refractivity contribution in [2.75, 3.05) is 6.61 Å². The molecule has 4 rings (SSSR count). The van der Waals surface area contributed by atoms with Crippen molar-refractivity contribution in [3.05, 3.63) is 93.9 Å². The highest BCUT2D eigenvalue weighted by Crippen LogP contribution is 2.37. The molecule has 0 aliphatic heterocycles. The van der Waals surface area contributed by atoms with Crippen molar-refractivity contribution in [3.8, 4) is 11.5 Å². The van der Waals surface area contributed by atoms with Crippen LogP contribution in [-0.2, 0) is 6.61 Å². The Balaban J connectivity index is 1.46. The van der Waals surface area contributed by atoms with Crippen LogP contribution in [0.5, 0.6) is 11.5 Å². The fourth-order valence-electron chi connectivity index (χ4n) is 3.16. The van der Waals surface area contributed by atoms with Gasteiger partial charge in [-0.3, -0.25) is 4.79 Å². The van der Waals surface area contributed by atoms with Crippen LogP contribution in [0.3, 0.4) is 0 Å². The van der Waals surface area contributed by atoms with Crippen LogP contribution in [0, 0.1) is 5.82 Å². The molecule has 0 saturated heterocycles. The van der Waals surface area contributed by atoms with E-state index in [2.05, 4.69) is 26.5 Å². The minimum atomic E-state index is -0.457. The Kier molecular flexibility index (Phi) is 7.04. The van der Waals surface area contributed by atoms with E-state index in [1.807, 2.05) is 25.1 Å². The number of hydrogen-bond donors (Lipinski definition) is 1. The summed E-state index contributed by atoms with van der Waals surface area (Å²) in [7, 11) is 0. The molecule has 168 valence electrons. The predicted octanol–water partition coefficient (Wildman–Crippen LogP) is 6.08. The number of benzene rings is 3. The molecule has 0 aliphatic carbocycles. The molecule has 0 saturated carbocycles. The second-order valence-corrected chi connectivity index (χ2v) is 7.88. The Bertz CT molecular complexity index is 1290. The van der Waals surface area contributed by atoms with Gasteiger partial charge in [-0.25, -0.2) is 9.82 Å². The maximum atomic E-state index is 13.4. The fraction of sp³-hybridized carbons (Fsp3) is 0.120. The van der Waals surface area contributed by atoms with Crippen molar-refractivity contribution in [3.63, 3.8) is 0 Å². The molecule has 1 amide bonds. The zero-order valence-electron chi connectivity index (χ0n) is 17.7. The van der Waals surface area contributed by atoms with Crippen molar-refractivity contribution in [1.82, 2.24) is 5.43 Å². The van der Waals surface area contributed by atoms with Crippen LogP contribution < -0.4 is 14.9 Å². The Morgan fingerprint density at radius 1 is 1.12 bits per heavy atom. The summed E-state index contributed by atoms with van der Waals surface area (Å²) < 4.78 is 31.2. The third kappa shape index (κ3) is 5.59. The Labute approximate surface area is 198 Å². The molecule has 33 heavy (non-hydrogen) atoms. The molecule has 0 radical (unpaired) electrons. The predicted molar refractivity (Wildman–Crippen MR) is 127 cm³/mol. The number of nitrogens with zero attached hydrogens (tertiary/aromatic N) is 1. The van der Waals surface area contributed by atoms with Crippen molar-refractivity contribution in [2.24, 2.45) is 5.10 Å². The van der Waals surface area contributed by atoms with Gasteiger partial charge in [-0.1, -0.05) is 30.3 Å². The highest BCUT2D eigenvalue weighted by atomic mass is 79.9. The molecule has 0 unspecified atom stereocenters. The van der Waals surface area contributed by atoms with Gasteiger partial charge in [0.15, 0.2) is 17.3 Å². The van der Waals surface area contributed by atoms with E-state index in [1.54, 1.807) is 36.4 Å². The molecular formula is C25H20BrFN2O4. The van der Waals surface area contributed by atoms with Crippen LogP contribution >= 0.6 is 15.9 Å². The number of carbonyl (C=O) groups excluding carboxylic acids is 1. The van der Waals surface area contributed by atoms with E-state index in [0.29, 0.717) is 39.3 Å². The SMILES string of the molecule is CCOc1cc(/C=N/NC(=O)c2cc3ccccc3o2)cc(Br)c1OCc1cccc(F)c1. The molecule has 1 heterocycles. The third-order valence-electron chi connectivity index (χ3n) is 4.63. The molecule has 4 aromatic rings. The average molecular weight is 511 g/mol. The zero-order chi connectivity index (χ0) is 23.2.